The number of thioether (sulfide) groups is 1. The van der Waals surface area contributed by atoms with E-state index in [0.717, 1.165) is 17.7 Å². The van der Waals surface area contributed by atoms with E-state index in [1.54, 1.807) is 11.8 Å². The van der Waals surface area contributed by atoms with E-state index in [1.807, 2.05) is 24.3 Å². The molecule has 114 valence electrons. The van der Waals surface area contributed by atoms with Crippen molar-refractivity contribution in [2.45, 2.75) is 36.6 Å². The van der Waals surface area contributed by atoms with Crippen molar-refractivity contribution in [1.29, 1.82) is 0 Å². The van der Waals surface area contributed by atoms with Gasteiger partial charge in [-0.15, -0.1) is 11.8 Å². The number of carbonyl (C=O) groups is 2. The lowest BCUT2D eigenvalue weighted by Crippen LogP contribution is -2.48. The van der Waals surface area contributed by atoms with Gasteiger partial charge in [0.2, 0.25) is 5.91 Å². The number of rotatable bonds is 5. The molecule has 0 radical (unpaired) electrons. The zero-order valence-corrected chi connectivity index (χ0v) is 13.2. The Balaban J connectivity index is 1.83. The number of hydrogen-bond acceptors (Lipinski definition) is 3. The number of aliphatic carboxylic acids is 1. The van der Waals surface area contributed by atoms with Gasteiger partial charge in [-0.3, -0.25) is 4.79 Å². The average molecular weight is 328 g/mol. The molecule has 4 nitrogen and oxygen atoms in total. The third-order valence-electron chi connectivity index (χ3n) is 3.51. The fraction of sp³-hybridized carbons (Fsp3) is 0.467. The van der Waals surface area contributed by atoms with Crippen LogP contribution in [0.25, 0.3) is 0 Å². The smallest absolute Gasteiger partial charge is 0.326 e. The molecule has 1 atom stereocenters. The van der Waals surface area contributed by atoms with E-state index < -0.39 is 12.0 Å². The Labute approximate surface area is 133 Å². The highest BCUT2D eigenvalue weighted by molar-refractivity contribution is 7.99. The van der Waals surface area contributed by atoms with Gasteiger partial charge in [0, 0.05) is 28.6 Å². The number of benzene rings is 1. The van der Waals surface area contributed by atoms with Crippen LogP contribution in [-0.4, -0.2) is 40.2 Å². The van der Waals surface area contributed by atoms with Crippen molar-refractivity contribution in [1.82, 2.24) is 4.90 Å². The van der Waals surface area contributed by atoms with Gasteiger partial charge in [0.25, 0.3) is 0 Å². The predicted octanol–water partition coefficient (Wildman–Crippen LogP) is 3.29. The maximum atomic E-state index is 12.2. The van der Waals surface area contributed by atoms with Crippen LogP contribution in [0, 0.1) is 0 Å². The van der Waals surface area contributed by atoms with Crippen molar-refractivity contribution >= 4 is 35.2 Å². The molecule has 21 heavy (non-hydrogen) atoms. The van der Waals surface area contributed by atoms with Crippen molar-refractivity contribution < 1.29 is 14.7 Å². The first-order valence-corrected chi connectivity index (χ1v) is 8.35. The minimum absolute atomic E-state index is 0.0661. The average Bonchev–Trinajstić information content (AvgIpc) is 2.49. The summed E-state index contributed by atoms with van der Waals surface area (Å²) in [4.78, 5) is 25.9. The van der Waals surface area contributed by atoms with Crippen molar-refractivity contribution in [3.63, 3.8) is 0 Å². The number of amides is 1. The molecule has 0 unspecified atom stereocenters. The minimum atomic E-state index is -0.895. The maximum Gasteiger partial charge on any atom is 0.326 e. The van der Waals surface area contributed by atoms with Gasteiger partial charge >= 0.3 is 5.97 Å². The Morgan fingerprint density at radius 3 is 2.67 bits per heavy atom. The molecular formula is C15H18ClNO3S. The number of carboxylic acid groups (broad SMARTS) is 1. The van der Waals surface area contributed by atoms with E-state index in [2.05, 4.69) is 0 Å². The number of nitrogens with zero attached hydrogens (tertiary/aromatic N) is 1. The molecular weight excluding hydrogens is 310 g/mol. The summed E-state index contributed by atoms with van der Waals surface area (Å²) in [6, 6.07) is 6.82. The molecule has 1 amide bonds. The van der Waals surface area contributed by atoms with Crippen molar-refractivity contribution in [3.05, 3.63) is 29.3 Å². The molecule has 1 N–H and O–H groups in total. The first-order valence-electron chi connectivity index (χ1n) is 6.98. The predicted molar refractivity (Wildman–Crippen MR) is 83.8 cm³/mol. The standard InChI is InChI=1S/C15H18ClNO3S/c16-11-4-6-12(7-5-11)21-10-8-14(18)17-9-2-1-3-13(17)15(19)20/h4-7,13H,1-3,8-10H2,(H,19,20)/t13-/m0/s1. The second kappa shape index (κ2) is 7.71. The largest absolute Gasteiger partial charge is 0.480 e. The first-order chi connectivity index (χ1) is 10.1. The van der Waals surface area contributed by atoms with Gasteiger partial charge in [0.15, 0.2) is 0 Å². The number of halogens is 1. The molecule has 1 aromatic carbocycles. The lowest BCUT2D eigenvalue weighted by molar-refractivity contribution is -0.151. The molecule has 1 aliphatic rings. The van der Waals surface area contributed by atoms with Crippen LogP contribution in [0.3, 0.4) is 0 Å². The third kappa shape index (κ3) is 4.64. The molecule has 1 fully saturated rings. The van der Waals surface area contributed by atoms with E-state index in [4.69, 9.17) is 11.6 Å². The zero-order chi connectivity index (χ0) is 15.2. The van der Waals surface area contributed by atoms with Crippen LogP contribution in [0.1, 0.15) is 25.7 Å². The summed E-state index contributed by atoms with van der Waals surface area (Å²) in [5.74, 6) is -0.319. The van der Waals surface area contributed by atoms with Gasteiger partial charge in [0.05, 0.1) is 0 Å². The Morgan fingerprint density at radius 2 is 2.00 bits per heavy atom. The fourth-order valence-corrected chi connectivity index (χ4v) is 3.38. The van der Waals surface area contributed by atoms with Crippen LogP contribution < -0.4 is 0 Å². The summed E-state index contributed by atoms with van der Waals surface area (Å²) in [5, 5.41) is 9.86. The van der Waals surface area contributed by atoms with Crippen LogP contribution in [0.4, 0.5) is 0 Å². The highest BCUT2D eigenvalue weighted by Gasteiger charge is 2.31. The highest BCUT2D eigenvalue weighted by atomic mass is 35.5. The highest BCUT2D eigenvalue weighted by Crippen LogP contribution is 2.23. The minimum Gasteiger partial charge on any atom is -0.480 e. The number of likely N-dealkylation sites (tertiary alicyclic amines) is 1. The number of carbonyl (C=O) groups excluding carboxylic acids is 1. The van der Waals surface area contributed by atoms with Gasteiger partial charge in [-0.2, -0.15) is 0 Å². The quantitative estimate of drug-likeness (QED) is 0.843. The Morgan fingerprint density at radius 1 is 1.29 bits per heavy atom. The van der Waals surface area contributed by atoms with Gasteiger partial charge in [-0.05, 0) is 43.5 Å². The molecule has 1 aromatic rings. The summed E-state index contributed by atoms with van der Waals surface area (Å²) in [7, 11) is 0. The van der Waals surface area contributed by atoms with Gasteiger partial charge in [-0.1, -0.05) is 11.6 Å². The number of carboxylic acids is 1. The van der Waals surface area contributed by atoms with E-state index in [9.17, 15) is 14.7 Å². The van der Waals surface area contributed by atoms with Gasteiger partial charge in [0.1, 0.15) is 6.04 Å². The van der Waals surface area contributed by atoms with Crippen LogP contribution in [0.15, 0.2) is 29.2 Å². The van der Waals surface area contributed by atoms with Crippen LogP contribution >= 0.6 is 23.4 Å². The molecule has 6 heteroatoms. The lowest BCUT2D eigenvalue weighted by atomic mass is 10.0. The van der Waals surface area contributed by atoms with Crippen molar-refractivity contribution in [2.24, 2.45) is 0 Å². The second-order valence-corrected chi connectivity index (χ2v) is 6.59. The van der Waals surface area contributed by atoms with E-state index in [1.165, 1.54) is 4.90 Å². The molecule has 1 heterocycles. The maximum absolute atomic E-state index is 12.2. The van der Waals surface area contributed by atoms with Crippen molar-refractivity contribution in [3.8, 4) is 0 Å². The summed E-state index contributed by atoms with van der Waals surface area (Å²) in [5.41, 5.74) is 0. The molecule has 2 rings (SSSR count). The van der Waals surface area contributed by atoms with Gasteiger partial charge in [-0.25, -0.2) is 4.79 Å². The van der Waals surface area contributed by atoms with E-state index in [0.29, 0.717) is 30.2 Å². The first kappa shape index (κ1) is 16.2. The Kier molecular flexibility index (Phi) is 5.94. The lowest BCUT2D eigenvalue weighted by Gasteiger charge is -2.33. The van der Waals surface area contributed by atoms with Gasteiger partial charge < -0.3 is 10.0 Å². The molecule has 0 aliphatic carbocycles. The molecule has 1 aliphatic heterocycles. The SMILES string of the molecule is O=C(O)[C@@H]1CCCCN1C(=O)CCSc1ccc(Cl)cc1. The molecule has 1 saturated heterocycles. The Hall–Kier alpha value is -1.20. The topological polar surface area (TPSA) is 57.6 Å². The normalized spacial score (nSPS) is 18.5. The summed E-state index contributed by atoms with van der Waals surface area (Å²) < 4.78 is 0. The number of hydrogen-bond donors (Lipinski definition) is 1. The third-order valence-corrected chi connectivity index (χ3v) is 4.77. The van der Waals surface area contributed by atoms with Crippen molar-refractivity contribution in [2.75, 3.05) is 12.3 Å². The van der Waals surface area contributed by atoms with Crippen LogP contribution in [0.5, 0.6) is 0 Å². The van der Waals surface area contributed by atoms with Crippen LogP contribution in [0.2, 0.25) is 5.02 Å². The van der Waals surface area contributed by atoms with E-state index in [-0.39, 0.29) is 5.91 Å². The second-order valence-electron chi connectivity index (χ2n) is 4.99. The molecule has 0 bridgehead atoms. The summed E-state index contributed by atoms with van der Waals surface area (Å²) >= 11 is 7.40. The van der Waals surface area contributed by atoms with Crippen LogP contribution in [-0.2, 0) is 9.59 Å². The summed E-state index contributed by atoms with van der Waals surface area (Å²) in [6.07, 6.45) is 2.68. The summed E-state index contributed by atoms with van der Waals surface area (Å²) in [6.45, 7) is 0.557. The number of piperidine rings is 1. The Bertz CT molecular complexity index is 506. The molecule has 0 saturated carbocycles. The fourth-order valence-electron chi connectivity index (χ4n) is 2.42. The molecule has 0 spiro atoms. The van der Waals surface area contributed by atoms with E-state index >= 15 is 0 Å². The zero-order valence-electron chi connectivity index (χ0n) is 11.6. The molecule has 0 aromatic heterocycles. The monoisotopic (exact) mass is 327 g/mol.